The van der Waals surface area contributed by atoms with Crippen LogP contribution in [0.15, 0.2) is 23.6 Å². The number of imidazole rings is 1. The number of ether oxygens (including phenoxy) is 3. The Hall–Kier alpha value is -2.87. The zero-order valence-electron chi connectivity index (χ0n) is 13.7. The second kappa shape index (κ2) is 6.21. The highest BCUT2D eigenvalue weighted by Gasteiger charge is 2.23. The maximum Gasteiger partial charge on any atom is 0.374 e. The van der Waals surface area contributed by atoms with Gasteiger partial charge in [-0.3, -0.25) is 0 Å². The summed E-state index contributed by atoms with van der Waals surface area (Å²) in [5, 5.41) is 2.71. The molecule has 0 unspecified atom stereocenters. The number of fused-ring (bicyclic) bond motifs is 1. The van der Waals surface area contributed by atoms with E-state index in [9.17, 15) is 4.79 Å². The number of hydrogen-bond donors (Lipinski definition) is 1. The molecule has 0 aliphatic carbocycles. The molecular formula is C17H15N3O4S. The quantitative estimate of drug-likeness (QED) is 0.720. The Morgan fingerprint density at radius 2 is 2.16 bits per heavy atom. The first-order valence-electron chi connectivity index (χ1n) is 7.75. The number of benzene rings is 1. The van der Waals surface area contributed by atoms with Gasteiger partial charge in [-0.05, 0) is 32.0 Å². The molecule has 0 atom stereocenters. The van der Waals surface area contributed by atoms with E-state index in [-0.39, 0.29) is 19.2 Å². The van der Waals surface area contributed by atoms with Crippen molar-refractivity contribution in [2.24, 2.45) is 0 Å². The van der Waals surface area contributed by atoms with E-state index >= 15 is 0 Å². The predicted molar refractivity (Wildman–Crippen MR) is 91.9 cm³/mol. The third-order valence-electron chi connectivity index (χ3n) is 3.65. The molecule has 0 radical (unpaired) electrons. The van der Waals surface area contributed by atoms with Crippen LogP contribution in [0.2, 0.25) is 0 Å². The second-order valence-corrected chi connectivity index (χ2v) is 6.25. The summed E-state index contributed by atoms with van der Waals surface area (Å²) in [7, 11) is 0. The molecule has 0 saturated heterocycles. The van der Waals surface area contributed by atoms with Crippen molar-refractivity contribution in [2.75, 3.05) is 13.4 Å². The van der Waals surface area contributed by atoms with E-state index in [1.54, 1.807) is 6.92 Å². The van der Waals surface area contributed by atoms with Gasteiger partial charge >= 0.3 is 5.97 Å². The molecule has 1 aromatic carbocycles. The second-order valence-electron chi connectivity index (χ2n) is 5.39. The van der Waals surface area contributed by atoms with Gasteiger partial charge in [0.05, 0.1) is 12.3 Å². The summed E-state index contributed by atoms with van der Waals surface area (Å²) in [5.74, 6) is 0.998. The van der Waals surface area contributed by atoms with Crippen molar-refractivity contribution in [3.8, 4) is 33.5 Å². The number of aromatic nitrogens is 3. The molecule has 25 heavy (non-hydrogen) atoms. The Bertz CT molecular complexity index is 947. The summed E-state index contributed by atoms with van der Waals surface area (Å²) in [4.78, 5) is 24.1. The van der Waals surface area contributed by atoms with Crippen LogP contribution in [0.3, 0.4) is 0 Å². The number of thiazole rings is 1. The summed E-state index contributed by atoms with van der Waals surface area (Å²) in [6.07, 6.45) is 0. The number of nitrogens with one attached hydrogen (secondary N) is 1. The van der Waals surface area contributed by atoms with Crippen LogP contribution in [-0.4, -0.2) is 34.3 Å². The minimum atomic E-state index is -0.496. The molecule has 0 spiro atoms. The number of nitrogens with zero attached hydrogens (tertiary/aromatic N) is 2. The molecule has 1 N–H and O–H groups in total. The van der Waals surface area contributed by atoms with E-state index in [0.29, 0.717) is 22.9 Å². The predicted octanol–water partition coefficient (Wildman–Crippen LogP) is 3.41. The topological polar surface area (TPSA) is 86.3 Å². The number of rotatable bonds is 4. The summed E-state index contributed by atoms with van der Waals surface area (Å²) in [6, 6.07) is 5.55. The molecule has 1 aliphatic heterocycles. The van der Waals surface area contributed by atoms with Gasteiger partial charge in [-0.15, -0.1) is 11.3 Å². The fourth-order valence-corrected chi connectivity index (χ4v) is 3.34. The lowest BCUT2D eigenvalue weighted by Gasteiger charge is -2.02. The van der Waals surface area contributed by atoms with Crippen LogP contribution in [0.4, 0.5) is 0 Å². The Kier molecular flexibility index (Phi) is 3.89. The van der Waals surface area contributed by atoms with E-state index in [1.165, 1.54) is 11.3 Å². The zero-order valence-corrected chi connectivity index (χ0v) is 14.5. The summed E-state index contributed by atoms with van der Waals surface area (Å²) in [5.41, 5.74) is 3.01. The third-order valence-corrected chi connectivity index (χ3v) is 4.63. The van der Waals surface area contributed by atoms with Crippen LogP contribution in [-0.2, 0) is 4.74 Å². The summed E-state index contributed by atoms with van der Waals surface area (Å²) in [6.45, 7) is 4.16. The van der Waals surface area contributed by atoms with E-state index in [1.807, 2.05) is 30.5 Å². The number of carbonyl (C=O) groups is 1. The molecule has 3 aromatic rings. The van der Waals surface area contributed by atoms with Gasteiger partial charge in [0.1, 0.15) is 10.7 Å². The van der Waals surface area contributed by atoms with Crippen molar-refractivity contribution in [1.29, 1.82) is 0 Å². The Morgan fingerprint density at radius 1 is 1.32 bits per heavy atom. The van der Waals surface area contributed by atoms with Crippen molar-refractivity contribution in [3.05, 3.63) is 35.1 Å². The molecule has 0 amide bonds. The lowest BCUT2D eigenvalue weighted by atomic mass is 10.1. The first-order valence-corrected chi connectivity index (χ1v) is 8.63. The largest absolute Gasteiger partial charge is 0.460 e. The van der Waals surface area contributed by atoms with Gasteiger partial charge in [-0.1, -0.05) is 0 Å². The first-order chi connectivity index (χ1) is 12.2. The fourth-order valence-electron chi connectivity index (χ4n) is 2.55. The van der Waals surface area contributed by atoms with Gasteiger partial charge in [0.2, 0.25) is 12.6 Å². The molecule has 2 aromatic heterocycles. The Balaban J connectivity index is 1.83. The van der Waals surface area contributed by atoms with Crippen LogP contribution in [0, 0.1) is 6.92 Å². The number of carbonyl (C=O) groups excluding carboxylic acids is 1. The molecular weight excluding hydrogens is 342 g/mol. The minimum absolute atomic E-state index is 0.150. The van der Waals surface area contributed by atoms with Gasteiger partial charge in [-0.2, -0.15) is 0 Å². The molecule has 1 aliphatic rings. The molecule has 3 heterocycles. The number of hydrogen-bond acceptors (Lipinski definition) is 7. The number of aromatic amines is 1. The van der Waals surface area contributed by atoms with Gasteiger partial charge in [-0.25, -0.2) is 14.8 Å². The van der Waals surface area contributed by atoms with Crippen molar-refractivity contribution in [1.82, 2.24) is 15.0 Å². The highest BCUT2D eigenvalue weighted by Crippen LogP contribution is 2.38. The average Bonchev–Trinajstić information content (AvgIpc) is 3.32. The van der Waals surface area contributed by atoms with Crippen molar-refractivity contribution in [2.45, 2.75) is 13.8 Å². The molecule has 8 heteroatoms. The van der Waals surface area contributed by atoms with Crippen molar-refractivity contribution >= 4 is 17.3 Å². The molecule has 0 bridgehead atoms. The van der Waals surface area contributed by atoms with Gasteiger partial charge in [0.25, 0.3) is 0 Å². The average molecular weight is 357 g/mol. The van der Waals surface area contributed by atoms with Crippen molar-refractivity contribution < 1.29 is 19.0 Å². The Morgan fingerprint density at radius 3 is 2.92 bits per heavy atom. The smallest absolute Gasteiger partial charge is 0.374 e. The normalized spacial score (nSPS) is 12.4. The number of aryl methyl sites for hydroxylation is 1. The summed E-state index contributed by atoms with van der Waals surface area (Å²) < 4.78 is 15.8. The van der Waals surface area contributed by atoms with Crippen LogP contribution < -0.4 is 9.47 Å². The maximum atomic E-state index is 12.1. The number of H-pyrrole nitrogens is 1. The molecule has 128 valence electrons. The van der Waals surface area contributed by atoms with Crippen molar-refractivity contribution in [3.63, 3.8) is 0 Å². The van der Waals surface area contributed by atoms with Gasteiger partial charge in [0.15, 0.2) is 11.5 Å². The highest BCUT2D eigenvalue weighted by molar-refractivity contribution is 7.13. The van der Waals surface area contributed by atoms with Crippen LogP contribution in [0.5, 0.6) is 11.5 Å². The fraction of sp³-hybridized carbons (Fsp3) is 0.235. The molecule has 0 saturated carbocycles. The molecule has 7 nitrogen and oxygen atoms in total. The van der Waals surface area contributed by atoms with E-state index in [4.69, 9.17) is 14.2 Å². The highest BCUT2D eigenvalue weighted by atomic mass is 32.1. The lowest BCUT2D eigenvalue weighted by Crippen LogP contribution is -2.06. The molecule has 0 fully saturated rings. The van der Waals surface area contributed by atoms with Gasteiger partial charge in [0, 0.05) is 16.6 Å². The van der Waals surface area contributed by atoms with Crippen LogP contribution in [0.1, 0.15) is 23.2 Å². The maximum absolute atomic E-state index is 12.1. The van der Waals surface area contributed by atoms with Gasteiger partial charge < -0.3 is 19.2 Å². The Labute approximate surface area is 147 Å². The first kappa shape index (κ1) is 15.6. The number of esters is 1. The summed E-state index contributed by atoms with van der Waals surface area (Å²) >= 11 is 1.48. The molecule has 4 rings (SSSR count). The van der Waals surface area contributed by atoms with E-state index in [2.05, 4.69) is 15.0 Å². The lowest BCUT2D eigenvalue weighted by molar-refractivity contribution is 0.0513. The van der Waals surface area contributed by atoms with Crippen LogP contribution in [0.25, 0.3) is 22.0 Å². The van der Waals surface area contributed by atoms with Crippen LogP contribution >= 0.6 is 11.3 Å². The monoisotopic (exact) mass is 357 g/mol. The zero-order chi connectivity index (χ0) is 17.4. The SMILES string of the molecule is CCOC(=O)c1nc(-c2ccc3c(c2)OCO3)c(-c2nc(C)cs2)[nH]1. The minimum Gasteiger partial charge on any atom is -0.460 e. The van der Waals surface area contributed by atoms with E-state index < -0.39 is 5.97 Å². The van der Waals surface area contributed by atoms with E-state index in [0.717, 1.165) is 16.3 Å². The standard InChI is InChI=1S/C17H15N3O4S/c1-3-22-17(21)15-19-13(14(20-15)16-18-9(2)7-25-16)10-4-5-11-12(6-10)24-8-23-11/h4-7H,3,8H2,1-2H3,(H,19,20). The third kappa shape index (κ3) is 2.85.